The van der Waals surface area contributed by atoms with Gasteiger partial charge >= 0.3 is 0 Å². The number of para-hydroxylation sites is 1. The Morgan fingerprint density at radius 1 is 1.10 bits per heavy atom. The lowest BCUT2D eigenvalue weighted by molar-refractivity contribution is -0.115. The molecule has 0 unspecified atom stereocenters. The summed E-state index contributed by atoms with van der Waals surface area (Å²) in [4.78, 5) is 11.5. The molecule has 0 fully saturated rings. The molecular weight excluding hydrogens is 288 g/mol. The summed E-state index contributed by atoms with van der Waals surface area (Å²) in [5.41, 5.74) is 1.98. The molecule has 0 saturated carbocycles. The number of hydrogen-bond donors (Lipinski definition) is 1. The van der Waals surface area contributed by atoms with Crippen LogP contribution < -0.4 is 9.62 Å². The summed E-state index contributed by atoms with van der Waals surface area (Å²) in [7, 11) is -2.12. The van der Waals surface area contributed by atoms with Gasteiger partial charge in [0.1, 0.15) is 0 Å². The molecule has 1 heterocycles. The minimum Gasteiger partial charge on any atom is -0.326 e. The Morgan fingerprint density at radius 3 is 2.52 bits per heavy atom. The van der Waals surface area contributed by atoms with E-state index in [1.165, 1.54) is 17.4 Å². The summed E-state index contributed by atoms with van der Waals surface area (Å²) in [6, 6.07) is 13.6. The monoisotopic (exact) mass is 302 g/mol. The fourth-order valence-electron chi connectivity index (χ4n) is 2.30. The van der Waals surface area contributed by atoms with Gasteiger partial charge in [-0.1, -0.05) is 18.2 Å². The molecule has 3 rings (SSSR count). The number of amides is 1. The van der Waals surface area contributed by atoms with Crippen LogP contribution in [0.15, 0.2) is 53.4 Å². The zero-order valence-corrected chi connectivity index (χ0v) is 12.2. The van der Waals surface area contributed by atoms with Gasteiger partial charge < -0.3 is 5.32 Å². The van der Waals surface area contributed by atoms with Crippen molar-refractivity contribution in [2.24, 2.45) is 0 Å². The number of sulfonamides is 1. The van der Waals surface area contributed by atoms with Gasteiger partial charge in [0, 0.05) is 12.7 Å². The molecular formula is C15H14N2O3S. The van der Waals surface area contributed by atoms with Crippen LogP contribution in [0.2, 0.25) is 0 Å². The summed E-state index contributed by atoms with van der Waals surface area (Å²) in [5.74, 6) is -0.115. The third kappa shape index (κ3) is 2.38. The third-order valence-corrected chi connectivity index (χ3v) is 5.26. The quantitative estimate of drug-likeness (QED) is 0.943. The summed E-state index contributed by atoms with van der Waals surface area (Å²) >= 11 is 0. The van der Waals surface area contributed by atoms with E-state index in [2.05, 4.69) is 5.32 Å². The van der Waals surface area contributed by atoms with E-state index in [1.807, 2.05) is 6.07 Å². The fraction of sp³-hybridized carbons (Fsp3) is 0.133. The van der Waals surface area contributed by atoms with Crippen molar-refractivity contribution in [3.05, 3.63) is 54.1 Å². The number of nitrogens with one attached hydrogen (secondary N) is 1. The van der Waals surface area contributed by atoms with E-state index in [-0.39, 0.29) is 17.2 Å². The van der Waals surface area contributed by atoms with Crippen LogP contribution in [-0.4, -0.2) is 21.4 Å². The maximum Gasteiger partial charge on any atom is 0.264 e. The Kier molecular flexibility index (Phi) is 3.17. The number of benzene rings is 2. The first-order valence-electron chi connectivity index (χ1n) is 6.45. The van der Waals surface area contributed by atoms with Crippen LogP contribution in [0.5, 0.6) is 0 Å². The number of fused-ring (bicyclic) bond motifs is 1. The smallest absolute Gasteiger partial charge is 0.264 e. The van der Waals surface area contributed by atoms with Crippen molar-refractivity contribution >= 4 is 27.3 Å². The predicted octanol–water partition coefficient (Wildman–Crippen LogP) is 2.01. The minimum atomic E-state index is -3.64. The predicted molar refractivity (Wildman–Crippen MR) is 80.8 cm³/mol. The average Bonchev–Trinajstić information content (AvgIpc) is 2.86. The Hall–Kier alpha value is -2.34. The topological polar surface area (TPSA) is 66.5 Å². The van der Waals surface area contributed by atoms with Gasteiger partial charge in [-0.15, -0.1) is 0 Å². The Balaban J connectivity index is 2.00. The molecule has 1 aliphatic heterocycles. The van der Waals surface area contributed by atoms with Gasteiger partial charge in [0.05, 0.1) is 17.0 Å². The molecule has 21 heavy (non-hydrogen) atoms. The minimum absolute atomic E-state index is 0.115. The summed E-state index contributed by atoms with van der Waals surface area (Å²) in [5, 5.41) is 2.69. The van der Waals surface area contributed by atoms with Crippen LogP contribution in [0.1, 0.15) is 5.56 Å². The molecule has 0 spiro atoms. The largest absolute Gasteiger partial charge is 0.326 e. The van der Waals surface area contributed by atoms with E-state index in [1.54, 1.807) is 36.4 Å². The van der Waals surface area contributed by atoms with Crippen LogP contribution in [0.3, 0.4) is 0 Å². The highest BCUT2D eigenvalue weighted by Crippen LogP contribution is 2.28. The first-order chi connectivity index (χ1) is 9.98. The molecule has 108 valence electrons. The number of hydrogen-bond acceptors (Lipinski definition) is 3. The summed E-state index contributed by atoms with van der Waals surface area (Å²) < 4.78 is 26.5. The second kappa shape index (κ2) is 4.89. The van der Waals surface area contributed by atoms with E-state index in [4.69, 9.17) is 0 Å². The molecule has 1 amide bonds. The van der Waals surface area contributed by atoms with Crippen LogP contribution in [0.4, 0.5) is 11.4 Å². The molecule has 2 aromatic rings. The first-order valence-corrected chi connectivity index (χ1v) is 7.89. The normalized spacial score (nSPS) is 13.7. The fourth-order valence-corrected chi connectivity index (χ4v) is 3.55. The van der Waals surface area contributed by atoms with Crippen LogP contribution in [-0.2, 0) is 21.2 Å². The molecule has 5 nitrogen and oxygen atoms in total. The van der Waals surface area contributed by atoms with Gasteiger partial charge in [0.25, 0.3) is 10.0 Å². The van der Waals surface area contributed by atoms with Crippen molar-refractivity contribution in [2.45, 2.75) is 11.3 Å². The van der Waals surface area contributed by atoms with Gasteiger partial charge in [-0.05, 0) is 35.9 Å². The van der Waals surface area contributed by atoms with E-state index in [9.17, 15) is 13.2 Å². The molecule has 0 bridgehead atoms. The second-order valence-corrected chi connectivity index (χ2v) is 6.82. The van der Waals surface area contributed by atoms with Gasteiger partial charge in [-0.2, -0.15) is 0 Å². The molecule has 0 radical (unpaired) electrons. The van der Waals surface area contributed by atoms with Crippen molar-refractivity contribution in [1.82, 2.24) is 0 Å². The van der Waals surface area contributed by atoms with Gasteiger partial charge in [0.15, 0.2) is 0 Å². The number of nitrogens with zero attached hydrogens (tertiary/aromatic N) is 1. The van der Waals surface area contributed by atoms with Crippen molar-refractivity contribution in [2.75, 3.05) is 16.7 Å². The molecule has 1 aliphatic rings. The SMILES string of the molecule is CN(c1ccccc1)S(=O)(=O)c1ccc2c(c1)CC(=O)N2. The molecule has 6 heteroatoms. The van der Waals surface area contributed by atoms with Crippen LogP contribution in [0.25, 0.3) is 0 Å². The Morgan fingerprint density at radius 2 is 1.81 bits per heavy atom. The molecule has 0 atom stereocenters. The summed E-state index contributed by atoms with van der Waals surface area (Å²) in [6.07, 6.45) is 0.216. The molecule has 2 aromatic carbocycles. The zero-order valence-electron chi connectivity index (χ0n) is 11.4. The van der Waals surface area contributed by atoms with E-state index < -0.39 is 10.0 Å². The highest BCUT2D eigenvalue weighted by atomic mass is 32.2. The molecule has 0 saturated heterocycles. The highest BCUT2D eigenvalue weighted by Gasteiger charge is 2.25. The number of anilines is 2. The molecule has 0 aromatic heterocycles. The molecule has 0 aliphatic carbocycles. The van der Waals surface area contributed by atoms with Crippen molar-refractivity contribution in [3.63, 3.8) is 0 Å². The van der Waals surface area contributed by atoms with E-state index in [0.29, 0.717) is 16.9 Å². The third-order valence-electron chi connectivity index (χ3n) is 3.48. The maximum atomic E-state index is 12.6. The number of rotatable bonds is 3. The first kappa shape index (κ1) is 13.6. The van der Waals surface area contributed by atoms with Gasteiger partial charge in [0.2, 0.25) is 5.91 Å². The van der Waals surface area contributed by atoms with Gasteiger partial charge in [-0.25, -0.2) is 8.42 Å². The van der Waals surface area contributed by atoms with Crippen molar-refractivity contribution in [1.29, 1.82) is 0 Å². The summed E-state index contributed by atoms with van der Waals surface area (Å²) in [6.45, 7) is 0. The van der Waals surface area contributed by atoms with E-state index in [0.717, 1.165) is 0 Å². The Bertz CT molecular complexity index is 801. The Labute approximate surface area is 123 Å². The van der Waals surface area contributed by atoms with E-state index >= 15 is 0 Å². The average molecular weight is 302 g/mol. The van der Waals surface area contributed by atoms with Crippen LogP contribution >= 0.6 is 0 Å². The lowest BCUT2D eigenvalue weighted by Crippen LogP contribution is -2.26. The van der Waals surface area contributed by atoms with Crippen molar-refractivity contribution in [3.8, 4) is 0 Å². The maximum absolute atomic E-state index is 12.6. The second-order valence-electron chi connectivity index (χ2n) is 4.85. The lowest BCUT2D eigenvalue weighted by Gasteiger charge is -2.19. The van der Waals surface area contributed by atoms with Crippen molar-refractivity contribution < 1.29 is 13.2 Å². The standard InChI is InChI=1S/C15H14N2O3S/c1-17(12-5-3-2-4-6-12)21(19,20)13-7-8-14-11(9-13)10-15(18)16-14/h2-9H,10H2,1H3,(H,16,18). The van der Waals surface area contributed by atoms with Crippen LogP contribution in [0, 0.1) is 0 Å². The van der Waals surface area contributed by atoms with Gasteiger partial charge in [-0.3, -0.25) is 9.10 Å². The number of carbonyl (C=O) groups is 1. The lowest BCUT2D eigenvalue weighted by atomic mass is 10.2. The highest BCUT2D eigenvalue weighted by molar-refractivity contribution is 7.92. The number of carbonyl (C=O) groups excluding carboxylic acids is 1. The zero-order chi connectivity index (χ0) is 15.0. The molecule has 1 N–H and O–H groups in total.